The third-order valence-electron chi connectivity index (χ3n) is 2.18. The predicted molar refractivity (Wildman–Crippen MR) is 66.1 cm³/mol. The van der Waals surface area contributed by atoms with Crippen molar-refractivity contribution in [3.63, 3.8) is 0 Å². The van der Waals surface area contributed by atoms with E-state index in [9.17, 15) is 0 Å². The highest BCUT2D eigenvalue weighted by atomic mass is 79.9. The molecule has 0 aliphatic carbocycles. The Hall–Kier alpha value is -0.760. The van der Waals surface area contributed by atoms with Gasteiger partial charge in [-0.25, -0.2) is 0 Å². The van der Waals surface area contributed by atoms with Crippen LogP contribution in [0.15, 0.2) is 29.3 Å². The number of hydrogen-bond donors (Lipinski definition) is 1. The minimum atomic E-state index is 0.164. The molecule has 0 amide bonds. The Bertz CT molecular complexity index is 361. The summed E-state index contributed by atoms with van der Waals surface area (Å²) in [5.41, 5.74) is 8.66. The summed E-state index contributed by atoms with van der Waals surface area (Å²) in [4.78, 5) is 0. The lowest BCUT2D eigenvalue weighted by molar-refractivity contribution is 0.590. The van der Waals surface area contributed by atoms with Gasteiger partial charge in [-0.05, 0) is 17.0 Å². The maximum Gasteiger partial charge on any atom is 0.0326 e. The first-order chi connectivity index (χ1) is 6.32. The fourth-order valence-corrected chi connectivity index (χ4v) is 1.88. The van der Waals surface area contributed by atoms with Crippen LogP contribution in [0.25, 0.3) is 5.70 Å². The van der Waals surface area contributed by atoms with Crippen LogP contribution in [0.3, 0.4) is 0 Å². The van der Waals surface area contributed by atoms with Gasteiger partial charge >= 0.3 is 0 Å². The Morgan fingerprint density at radius 3 is 2.29 bits per heavy atom. The van der Waals surface area contributed by atoms with E-state index in [0.717, 1.165) is 10.0 Å². The number of halogens is 1. The Morgan fingerprint density at radius 2 is 1.93 bits per heavy atom. The highest BCUT2D eigenvalue weighted by molar-refractivity contribution is 9.10. The molecule has 0 heterocycles. The van der Waals surface area contributed by atoms with E-state index in [2.05, 4.69) is 55.4 Å². The van der Waals surface area contributed by atoms with Gasteiger partial charge in [0.15, 0.2) is 0 Å². The van der Waals surface area contributed by atoms with E-state index in [-0.39, 0.29) is 5.41 Å². The van der Waals surface area contributed by atoms with Crippen LogP contribution in [-0.4, -0.2) is 0 Å². The molecule has 1 nitrogen and oxygen atoms in total. The second-order valence-corrected chi connectivity index (χ2v) is 5.32. The van der Waals surface area contributed by atoms with Gasteiger partial charge in [0.1, 0.15) is 0 Å². The van der Waals surface area contributed by atoms with E-state index in [4.69, 9.17) is 5.73 Å². The molecular formula is C12H16BrN. The molecule has 2 N–H and O–H groups in total. The summed E-state index contributed by atoms with van der Waals surface area (Å²) in [5, 5.41) is 0. The molecule has 0 radical (unpaired) electrons. The summed E-state index contributed by atoms with van der Waals surface area (Å²) < 4.78 is 1.01. The van der Waals surface area contributed by atoms with Crippen LogP contribution in [0.1, 0.15) is 31.9 Å². The zero-order chi connectivity index (χ0) is 10.9. The smallest absolute Gasteiger partial charge is 0.0326 e. The van der Waals surface area contributed by atoms with Gasteiger partial charge in [-0.1, -0.05) is 55.4 Å². The van der Waals surface area contributed by atoms with E-state index in [1.807, 2.05) is 6.07 Å². The molecule has 0 saturated carbocycles. The van der Waals surface area contributed by atoms with Crippen molar-refractivity contribution in [1.82, 2.24) is 0 Å². The molecule has 76 valence electrons. The zero-order valence-corrected chi connectivity index (χ0v) is 10.5. The van der Waals surface area contributed by atoms with Gasteiger partial charge in [-0.3, -0.25) is 0 Å². The Labute approximate surface area is 94.1 Å². The molecular weight excluding hydrogens is 238 g/mol. The number of nitrogens with two attached hydrogens (primary N) is 1. The Morgan fingerprint density at radius 1 is 1.36 bits per heavy atom. The largest absolute Gasteiger partial charge is 0.399 e. The number of benzene rings is 1. The third kappa shape index (κ3) is 2.38. The van der Waals surface area contributed by atoms with Crippen molar-refractivity contribution >= 4 is 21.6 Å². The first-order valence-electron chi connectivity index (χ1n) is 4.57. The third-order valence-corrected chi connectivity index (χ3v) is 2.84. The van der Waals surface area contributed by atoms with Crippen LogP contribution in [0, 0.1) is 0 Å². The number of hydrogen-bond acceptors (Lipinski definition) is 1. The van der Waals surface area contributed by atoms with Crippen LogP contribution in [-0.2, 0) is 5.41 Å². The highest BCUT2D eigenvalue weighted by Gasteiger charge is 2.14. The van der Waals surface area contributed by atoms with Gasteiger partial charge in [-0.2, -0.15) is 0 Å². The summed E-state index contributed by atoms with van der Waals surface area (Å²) in [6.07, 6.45) is 0. The van der Waals surface area contributed by atoms with Crippen LogP contribution in [0.4, 0.5) is 0 Å². The molecule has 1 aromatic rings. The zero-order valence-electron chi connectivity index (χ0n) is 8.89. The quantitative estimate of drug-likeness (QED) is 0.812. The standard InChI is InChI=1S/C12H16BrN/c1-8(14)10-6-5-9(7-11(10)13)12(2,3)4/h5-7H,1,14H2,2-4H3. The number of rotatable bonds is 1. The SMILES string of the molecule is C=C(N)c1ccc(C(C)(C)C)cc1Br. The first-order valence-corrected chi connectivity index (χ1v) is 5.36. The molecule has 0 aromatic heterocycles. The molecule has 0 fully saturated rings. The average molecular weight is 254 g/mol. The Balaban J connectivity index is 3.20. The molecule has 0 atom stereocenters. The normalized spacial score (nSPS) is 11.4. The molecule has 2 heteroatoms. The molecule has 0 aliphatic heterocycles. The van der Waals surface area contributed by atoms with Crippen molar-refractivity contribution in [1.29, 1.82) is 0 Å². The maximum atomic E-state index is 5.65. The van der Waals surface area contributed by atoms with Crippen LogP contribution in [0.2, 0.25) is 0 Å². The van der Waals surface area contributed by atoms with Gasteiger partial charge < -0.3 is 5.73 Å². The summed E-state index contributed by atoms with van der Waals surface area (Å²) in [6, 6.07) is 6.21. The van der Waals surface area contributed by atoms with E-state index < -0.39 is 0 Å². The first kappa shape index (κ1) is 11.3. The Kier molecular flexibility index (Phi) is 3.05. The fraction of sp³-hybridized carbons (Fsp3) is 0.333. The van der Waals surface area contributed by atoms with Crippen LogP contribution in [0.5, 0.6) is 0 Å². The average Bonchev–Trinajstić information content (AvgIpc) is 2.01. The van der Waals surface area contributed by atoms with Crippen molar-refractivity contribution in [2.24, 2.45) is 5.73 Å². The lowest BCUT2D eigenvalue weighted by Gasteiger charge is -2.20. The molecule has 0 saturated heterocycles. The second kappa shape index (κ2) is 3.77. The minimum absolute atomic E-state index is 0.164. The molecule has 0 unspecified atom stereocenters. The van der Waals surface area contributed by atoms with Gasteiger partial charge in [0, 0.05) is 15.7 Å². The van der Waals surface area contributed by atoms with Gasteiger partial charge in [0.2, 0.25) is 0 Å². The molecule has 0 spiro atoms. The fourth-order valence-electron chi connectivity index (χ4n) is 1.24. The highest BCUT2D eigenvalue weighted by Crippen LogP contribution is 2.28. The van der Waals surface area contributed by atoms with Gasteiger partial charge in [-0.15, -0.1) is 0 Å². The van der Waals surface area contributed by atoms with Crippen molar-refractivity contribution in [2.45, 2.75) is 26.2 Å². The van der Waals surface area contributed by atoms with Crippen LogP contribution >= 0.6 is 15.9 Å². The van der Waals surface area contributed by atoms with E-state index in [1.54, 1.807) is 0 Å². The van der Waals surface area contributed by atoms with Crippen molar-refractivity contribution in [3.8, 4) is 0 Å². The monoisotopic (exact) mass is 253 g/mol. The maximum absolute atomic E-state index is 5.65. The molecule has 0 aliphatic rings. The summed E-state index contributed by atoms with van der Waals surface area (Å²) in [7, 11) is 0. The van der Waals surface area contributed by atoms with Gasteiger partial charge in [0.05, 0.1) is 0 Å². The summed E-state index contributed by atoms with van der Waals surface area (Å²) in [6.45, 7) is 10.3. The molecule has 14 heavy (non-hydrogen) atoms. The summed E-state index contributed by atoms with van der Waals surface area (Å²) >= 11 is 3.50. The van der Waals surface area contributed by atoms with Crippen molar-refractivity contribution in [3.05, 3.63) is 40.4 Å². The van der Waals surface area contributed by atoms with E-state index in [1.165, 1.54) is 5.56 Å². The van der Waals surface area contributed by atoms with Crippen LogP contribution < -0.4 is 5.73 Å². The van der Waals surface area contributed by atoms with E-state index in [0.29, 0.717) is 5.70 Å². The van der Waals surface area contributed by atoms with Crippen molar-refractivity contribution < 1.29 is 0 Å². The minimum Gasteiger partial charge on any atom is -0.399 e. The van der Waals surface area contributed by atoms with Gasteiger partial charge in [0.25, 0.3) is 0 Å². The van der Waals surface area contributed by atoms with Crippen molar-refractivity contribution in [2.75, 3.05) is 0 Å². The topological polar surface area (TPSA) is 26.0 Å². The van der Waals surface area contributed by atoms with E-state index >= 15 is 0 Å². The predicted octanol–water partition coefficient (Wildman–Crippen LogP) is 3.68. The molecule has 1 aromatic carbocycles. The molecule has 1 rings (SSSR count). The molecule has 0 bridgehead atoms. The summed E-state index contributed by atoms with van der Waals surface area (Å²) in [5.74, 6) is 0. The lowest BCUT2D eigenvalue weighted by atomic mass is 9.86. The lowest BCUT2D eigenvalue weighted by Crippen LogP contribution is -2.11. The second-order valence-electron chi connectivity index (χ2n) is 4.47.